The lowest BCUT2D eigenvalue weighted by molar-refractivity contribution is -0.142. The number of fused-ring (bicyclic) bond motifs is 2. The molecule has 5 nitrogen and oxygen atoms in total. The second kappa shape index (κ2) is 4.93. The van der Waals surface area contributed by atoms with Gasteiger partial charge in [-0.2, -0.15) is 0 Å². The Balaban J connectivity index is 1.65. The molecule has 2 bridgehead atoms. The maximum Gasteiger partial charge on any atom is 0.318 e. The third kappa shape index (κ3) is 2.07. The molecule has 6 atom stereocenters. The lowest BCUT2D eigenvalue weighted by Crippen LogP contribution is -2.48. The highest BCUT2D eigenvalue weighted by Gasteiger charge is 2.51. The van der Waals surface area contributed by atoms with Gasteiger partial charge in [0.1, 0.15) is 0 Å². The van der Waals surface area contributed by atoms with Gasteiger partial charge in [-0.05, 0) is 43.9 Å². The molecule has 0 aromatic heterocycles. The molecule has 2 aliphatic heterocycles. The molecule has 2 amide bonds. The fourth-order valence-corrected chi connectivity index (χ4v) is 4.37. The highest BCUT2D eigenvalue weighted by atomic mass is 16.4. The summed E-state index contributed by atoms with van der Waals surface area (Å²) in [5, 5.41) is 12.4. The van der Waals surface area contributed by atoms with Crippen molar-refractivity contribution < 1.29 is 14.7 Å². The van der Waals surface area contributed by atoms with Crippen LogP contribution in [0.4, 0.5) is 4.79 Å². The average molecular weight is 280 g/mol. The van der Waals surface area contributed by atoms with Crippen LogP contribution >= 0.6 is 0 Å². The fraction of sp³-hybridized carbons (Fsp3) is 0.867. The summed E-state index contributed by atoms with van der Waals surface area (Å²) in [6, 6.07) is 0.259. The predicted octanol–water partition coefficient (Wildman–Crippen LogP) is 2.07. The van der Waals surface area contributed by atoms with Crippen LogP contribution in [0.5, 0.6) is 0 Å². The van der Waals surface area contributed by atoms with E-state index in [9.17, 15) is 14.7 Å². The molecule has 0 aromatic carbocycles. The first-order valence-corrected chi connectivity index (χ1v) is 7.80. The Labute approximate surface area is 119 Å². The van der Waals surface area contributed by atoms with Crippen molar-refractivity contribution in [3.05, 3.63) is 0 Å². The third-order valence-electron chi connectivity index (χ3n) is 5.86. The monoisotopic (exact) mass is 280 g/mol. The van der Waals surface area contributed by atoms with Gasteiger partial charge < -0.3 is 15.3 Å². The number of rotatable bonds is 2. The minimum Gasteiger partial charge on any atom is -0.481 e. The summed E-state index contributed by atoms with van der Waals surface area (Å²) >= 11 is 0. The molecule has 1 aliphatic carbocycles. The molecule has 6 unspecified atom stereocenters. The van der Waals surface area contributed by atoms with E-state index in [0.29, 0.717) is 18.3 Å². The molecule has 5 heteroatoms. The Kier molecular flexibility index (Phi) is 3.38. The van der Waals surface area contributed by atoms with E-state index < -0.39 is 5.97 Å². The van der Waals surface area contributed by atoms with Gasteiger partial charge in [-0.15, -0.1) is 0 Å². The molecule has 20 heavy (non-hydrogen) atoms. The summed E-state index contributed by atoms with van der Waals surface area (Å²) in [7, 11) is 0. The zero-order valence-electron chi connectivity index (χ0n) is 12.2. The van der Waals surface area contributed by atoms with Gasteiger partial charge in [0.2, 0.25) is 0 Å². The lowest BCUT2D eigenvalue weighted by Gasteiger charge is -2.27. The molecule has 3 aliphatic rings. The van der Waals surface area contributed by atoms with Gasteiger partial charge in [0, 0.05) is 18.1 Å². The van der Waals surface area contributed by atoms with Gasteiger partial charge in [-0.3, -0.25) is 4.79 Å². The number of hydrogen-bond acceptors (Lipinski definition) is 2. The largest absolute Gasteiger partial charge is 0.481 e. The summed E-state index contributed by atoms with van der Waals surface area (Å²) in [6.45, 7) is 4.43. The lowest BCUT2D eigenvalue weighted by atomic mass is 9.89. The van der Waals surface area contributed by atoms with E-state index in [0.717, 1.165) is 25.7 Å². The number of nitrogens with one attached hydrogen (secondary N) is 1. The number of nitrogens with zero attached hydrogens (tertiary/aromatic N) is 1. The first-order valence-electron chi connectivity index (χ1n) is 7.80. The zero-order valence-corrected chi connectivity index (χ0v) is 12.2. The van der Waals surface area contributed by atoms with Crippen molar-refractivity contribution in [1.82, 2.24) is 10.2 Å². The first kappa shape index (κ1) is 13.7. The summed E-state index contributed by atoms with van der Waals surface area (Å²) in [4.78, 5) is 25.6. The molecule has 0 spiro atoms. The molecule has 0 radical (unpaired) electrons. The van der Waals surface area contributed by atoms with E-state index in [1.54, 1.807) is 0 Å². The number of aliphatic carboxylic acids is 1. The van der Waals surface area contributed by atoms with Crippen molar-refractivity contribution in [3.8, 4) is 0 Å². The predicted molar refractivity (Wildman–Crippen MR) is 74.3 cm³/mol. The van der Waals surface area contributed by atoms with Crippen LogP contribution in [0, 0.1) is 17.8 Å². The van der Waals surface area contributed by atoms with Crippen molar-refractivity contribution in [2.75, 3.05) is 0 Å². The van der Waals surface area contributed by atoms with Crippen LogP contribution in [-0.2, 0) is 4.79 Å². The molecule has 3 rings (SSSR count). The standard InChI is InChI=1S/C15H24N2O3/c1-8-3-5-12(9(8)2)16-15(20)17-10-4-6-13(17)11(7-10)14(18)19/h8-13H,3-7H2,1-2H3,(H,16,20)(H,18,19). The second-order valence-corrected chi connectivity index (χ2v) is 6.86. The topological polar surface area (TPSA) is 69.6 Å². The van der Waals surface area contributed by atoms with Crippen LogP contribution in [0.15, 0.2) is 0 Å². The molecule has 2 N–H and O–H groups in total. The minimum atomic E-state index is -0.752. The van der Waals surface area contributed by atoms with Crippen LogP contribution in [0.1, 0.15) is 46.0 Å². The van der Waals surface area contributed by atoms with Gasteiger partial charge in [-0.1, -0.05) is 13.8 Å². The van der Waals surface area contributed by atoms with Crippen molar-refractivity contribution in [2.24, 2.45) is 17.8 Å². The molecule has 0 aromatic rings. The fourth-order valence-electron chi connectivity index (χ4n) is 4.37. The minimum absolute atomic E-state index is 0.0350. The molecule has 112 valence electrons. The number of carboxylic acid groups (broad SMARTS) is 1. The number of urea groups is 1. The molecule has 3 fully saturated rings. The van der Waals surface area contributed by atoms with Gasteiger partial charge in [0.05, 0.1) is 5.92 Å². The normalized spacial score (nSPS) is 43.0. The van der Waals surface area contributed by atoms with E-state index >= 15 is 0 Å². The first-order chi connectivity index (χ1) is 9.49. The Hall–Kier alpha value is -1.26. The Morgan fingerprint density at radius 3 is 2.45 bits per heavy atom. The number of carbonyl (C=O) groups excluding carboxylic acids is 1. The molecule has 1 saturated carbocycles. The maximum atomic E-state index is 12.5. The van der Waals surface area contributed by atoms with Gasteiger partial charge >= 0.3 is 12.0 Å². The number of carboxylic acids is 1. The van der Waals surface area contributed by atoms with Crippen LogP contribution in [0.3, 0.4) is 0 Å². The summed E-state index contributed by atoms with van der Waals surface area (Å²) < 4.78 is 0. The summed E-state index contributed by atoms with van der Waals surface area (Å²) in [5.74, 6) is 0.0501. The second-order valence-electron chi connectivity index (χ2n) is 6.86. The molecular weight excluding hydrogens is 256 g/mol. The Bertz CT molecular complexity index is 425. The number of carbonyl (C=O) groups is 2. The Morgan fingerprint density at radius 2 is 1.90 bits per heavy atom. The average Bonchev–Trinajstić information content (AvgIpc) is 3.07. The molecule has 2 heterocycles. The van der Waals surface area contributed by atoms with Crippen LogP contribution in [0.25, 0.3) is 0 Å². The molecule has 2 saturated heterocycles. The number of hydrogen-bond donors (Lipinski definition) is 2. The summed E-state index contributed by atoms with van der Waals surface area (Å²) in [6.07, 6.45) is 4.63. The highest BCUT2D eigenvalue weighted by Crippen LogP contribution is 2.42. The van der Waals surface area contributed by atoms with Crippen molar-refractivity contribution in [1.29, 1.82) is 0 Å². The smallest absolute Gasteiger partial charge is 0.318 e. The third-order valence-corrected chi connectivity index (χ3v) is 5.86. The van der Waals surface area contributed by atoms with E-state index in [-0.39, 0.29) is 30.1 Å². The van der Waals surface area contributed by atoms with E-state index in [2.05, 4.69) is 19.2 Å². The van der Waals surface area contributed by atoms with Crippen LogP contribution in [-0.4, -0.2) is 40.1 Å². The maximum absolute atomic E-state index is 12.5. The van der Waals surface area contributed by atoms with Gasteiger partial charge in [0.25, 0.3) is 0 Å². The highest BCUT2D eigenvalue weighted by molar-refractivity contribution is 5.79. The molecular formula is C15H24N2O3. The quantitative estimate of drug-likeness (QED) is 0.813. The zero-order chi connectivity index (χ0) is 14.4. The van der Waals surface area contributed by atoms with E-state index in [1.807, 2.05) is 4.90 Å². The van der Waals surface area contributed by atoms with E-state index in [4.69, 9.17) is 0 Å². The SMILES string of the molecule is CC1CCC(NC(=O)N2C3CCC2C(C(=O)O)C3)C1C. The summed E-state index contributed by atoms with van der Waals surface area (Å²) in [5.41, 5.74) is 0. The van der Waals surface area contributed by atoms with Crippen LogP contribution < -0.4 is 5.32 Å². The van der Waals surface area contributed by atoms with Gasteiger partial charge in [0.15, 0.2) is 0 Å². The van der Waals surface area contributed by atoms with Crippen molar-refractivity contribution >= 4 is 12.0 Å². The van der Waals surface area contributed by atoms with Gasteiger partial charge in [-0.25, -0.2) is 4.79 Å². The van der Waals surface area contributed by atoms with Crippen LogP contribution in [0.2, 0.25) is 0 Å². The number of amides is 2. The van der Waals surface area contributed by atoms with Crippen molar-refractivity contribution in [2.45, 2.75) is 64.1 Å². The Morgan fingerprint density at radius 1 is 1.15 bits per heavy atom. The van der Waals surface area contributed by atoms with E-state index in [1.165, 1.54) is 0 Å². The van der Waals surface area contributed by atoms with Crippen molar-refractivity contribution in [3.63, 3.8) is 0 Å².